The highest BCUT2D eigenvalue weighted by atomic mass is 16.3. The second-order valence-corrected chi connectivity index (χ2v) is 17.1. The molecular weight excluding hydrogens is 765 g/mol. The molecule has 12 rings (SSSR count). The minimum Gasteiger partial charge on any atom is -0.455 e. The van der Waals surface area contributed by atoms with E-state index >= 15 is 0 Å². The second kappa shape index (κ2) is 14.6. The van der Waals surface area contributed by atoms with E-state index in [0.29, 0.717) is 0 Å². The van der Waals surface area contributed by atoms with Gasteiger partial charge < -0.3 is 9.32 Å². The Morgan fingerprint density at radius 1 is 0.397 bits per heavy atom. The largest absolute Gasteiger partial charge is 0.455 e. The van der Waals surface area contributed by atoms with Crippen LogP contribution >= 0.6 is 0 Å². The van der Waals surface area contributed by atoms with E-state index in [-0.39, 0.29) is 5.41 Å². The van der Waals surface area contributed by atoms with Crippen LogP contribution in [0.3, 0.4) is 0 Å². The van der Waals surface area contributed by atoms with Gasteiger partial charge in [0.1, 0.15) is 11.2 Å². The minimum absolute atomic E-state index is 0.136. The van der Waals surface area contributed by atoms with Crippen LogP contribution in [0.1, 0.15) is 25.0 Å². The first kappa shape index (κ1) is 36.8. The molecule has 0 radical (unpaired) electrons. The maximum absolute atomic E-state index is 6.46. The van der Waals surface area contributed by atoms with Crippen LogP contribution in [0.5, 0.6) is 0 Å². The lowest BCUT2D eigenvalue weighted by Crippen LogP contribution is -2.16. The fraction of sp³-hybridized carbons (Fsp3) is 0.0500. The van der Waals surface area contributed by atoms with E-state index in [0.717, 1.165) is 83.4 Å². The number of aromatic nitrogens is 1. The standard InChI is InChI=1S/C60H42N2O/c1-60(2)54-23-9-7-19-49(54)50-35-34-47(38-55(50)60)62(45-30-26-40(27-31-45)48-21-13-22-52-51-20-8-11-25-57(51)63-59(48)52)46-32-28-41(29-33-46)58-53(37-44-16-6-10-24-56(44)61-58)43-18-12-17-42(36-43)39-14-4-3-5-15-39/h3-38H,1-2H3. The second-order valence-electron chi connectivity index (χ2n) is 17.1. The zero-order valence-corrected chi connectivity index (χ0v) is 35.1. The minimum atomic E-state index is -0.136. The molecule has 0 bridgehead atoms. The maximum Gasteiger partial charge on any atom is 0.143 e. The van der Waals surface area contributed by atoms with Gasteiger partial charge >= 0.3 is 0 Å². The molecule has 9 aromatic carbocycles. The van der Waals surface area contributed by atoms with Crippen molar-refractivity contribution in [1.82, 2.24) is 4.98 Å². The predicted molar refractivity (Wildman–Crippen MR) is 263 cm³/mol. The molecule has 3 nitrogen and oxygen atoms in total. The van der Waals surface area contributed by atoms with Crippen molar-refractivity contribution in [3.8, 4) is 55.8 Å². The molecule has 11 aromatic rings. The molecule has 298 valence electrons. The number of rotatable bonds is 7. The summed E-state index contributed by atoms with van der Waals surface area (Å²) in [5.74, 6) is 0. The first-order valence-corrected chi connectivity index (χ1v) is 21.7. The van der Waals surface area contributed by atoms with E-state index in [9.17, 15) is 0 Å². The van der Waals surface area contributed by atoms with Gasteiger partial charge in [0.25, 0.3) is 0 Å². The zero-order chi connectivity index (χ0) is 42.1. The molecule has 63 heavy (non-hydrogen) atoms. The van der Waals surface area contributed by atoms with Gasteiger partial charge in [0.2, 0.25) is 0 Å². The molecule has 0 amide bonds. The smallest absolute Gasteiger partial charge is 0.143 e. The maximum atomic E-state index is 6.46. The number of pyridine rings is 1. The molecule has 0 N–H and O–H groups in total. The number of hydrogen-bond acceptors (Lipinski definition) is 3. The van der Waals surface area contributed by atoms with Gasteiger partial charge in [0.15, 0.2) is 0 Å². The number of para-hydroxylation sites is 3. The Balaban J connectivity index is 0.980. The van der Waals surface area contributed by atoms with Gasteiger partial charge in [-0.15, -0.1) is 0 Å². The molecule has 0 atom stereocenters. The third kappa shape index (κ3) is 6.15. The third-order valence-electron chi connectivity index (χ3n) is 13.1. The van der Waals surface area contributed by atoms with Crippen molar-refractivity contribution in [2.24, 2.45) is 0 Å². The van der Waals surface area contributed by atoms with Gasteiger partial charge in [0, 0.05) is 55.3 Å². The first-order chi connectivity index (χ1) is 31.0. The average Bonchev–Trinajstić information content (AvgIpc) is 3.84. The summed E-state index contributed by atoms with van der Waals surface area (Å²) in [7, 11) is 0. The van der Waals surface area contributed by atoms with E-state index in [1.807, 2.05) is 12.1 Å². The predicted octanol–water partition coefficient (Wildman–Crippen LogP) is 16.6. The van der Waals surface area contributed by atoms with E-state index in [1.165, 1.54) is 33.4 Å². The first-order valence-electron chi connectivity index (χ1n) is 21.7. The summed E-state index contributed by atoms with van der Waals surface area (Å²) in [6.45, 7) is 4.69. The van der Waals surface area contributed by atoms with Crippen molar-refractivity contribution < 1.29 is 4.42 Å². The van der Waals surface area contributed by atoms with Crippen LogP contribution in [0.4, 0.5) is 17.1 Å². The van der Waals surface area contributed by atoms with E-state index in [4.69, 9.17) is 9.40 Å². The van der Waals surface area contributed by atoms with Crippen LogP contribution < -0.4 is 4.90 Å². The lowest BCUT2D eigenvalue weighted by molar-refractivity contribution is 0.660. The Hall–Kier alpha value is -8.01. The summed E-state index contributed by atoms with van der Waals surface area (Å²) in [5, 5.41) is 3.38. The number of fused-ring (bicyclic) bond motifs is 7. The molecule has 1 aliphatic carbocycles. The zero-order valence-electron chi connectivity index (χ0n) is 35.1. The molecule has 0 aliphatic heterocycles. The highest BCUT2D eigenvalue weighted by Crippen LogP contribution is 2.51. The average molecular weight is 807 g/mol. The highest BCUT2D eigenvalue weighted by molar-refractivity contribution is 6.09. The Morgan fingerprint density at radius 2 is 1.02 bits per heavy atom. The number of benzene rings is 9. The van der Waals surface area contributed by atoms with Crippen molar-refractivity contribution in [1.29, 1.82) is 0 Å². The van der Waals surface area contributed by atoms with E-state index in [1.54, 1.807) is 0 Å². The number of anilines is 3. The Bertz CT molecular complexity index is 3530. The van der Waals surface area contributed by atoms with E-state index in [2.05, 4.69) is 225 Å². The van der Waals surface area contributed by atoms with Gasteiger partial charge in [-0.05, 0) is 105 Å². The quantitative estimate of drug-likeness (QED) is 0.161. The van der Waals surface area contributed by atoms with Crippen LogP contribution in [-0.4, -0.2) is 4.98 Å². The molecule has 0 unspecified atom stereocenters. The fourth-order valence-electron chi connectivity index (χ4n) is 9.86. The van der Waals surface area contributed by atoms with Gasteiger partial charge in [0.05, 0.1) is 11.2 Å². The Kier molecular flexibility index (Phi) is 8.52. The lowest BCUT2D eigenvalue weighted by Gasteiger charge is -2.28. The third-order valence-corrected chi connectivity index (χ3v) is 13.1. The van der Waals surface area contributed by atoms with Crippen molar-refractivity contribution in [2.75, 3.05) is 4.90 Å². The van der Waals surface area contributed by atoms with Gasteiger partial charge in [-0.2, -0.15) is 0 Å². The van der Waals surface area contributed by atoms with Crippen molar-refractivity contribution >= 4 is 49.9 Å². The normalized spacial score (nSPS) is 12.7. The number of furan rings is 1. The highest BCUT2D eigenvalue weighted by Gasteiger charge is 2.35. The molecule has 0 spiro atoms. The van der Waals surface area contributed by atoms with Crippen molar-refractivity contribution in [3.63, 3.8) is 0 Å². The van der Waals surface area contributed by atoms with Crippen molar-refractivity contribution in [3.05, 3.63) is 230 Å². The van der Waals surface area contributed by atoms with Gasteiger partial charge in [-0.25, -0.2) is 4.98 Å². The summed E-state index contributed by atoms with van der Waals surface area (Å²) < 4.78 is 6.46. The summed E-state index contributed by atoms with van der Waals surface area (Å²) in [4.78, 5) is 7.72. The van der Waals surface area contributed by atoms with Crippen molar-refractivity contribution in [2.45, 2.75) is 19.3 Å². The summed E-state index contributed by atoms with van der Waals surface area (Å²) in [5.41, 5.74) is 20.0. The topological polar surface area (TPSA) is 29.3 Å². The van der Waals surface area contributed by atoms with Crippen LogP contribution in [0, 0.1) is 0 Å². The molecule has 0 saturated heterocycles. The molecule has 0 fully saturated rings. The lowest BCUT2D eigenvalue weighted by atomic mass is 9.82. The monoisotopic (exact) mass is 806 g/mol. The fourth-order valence-corrected chi connectivity index (χ4v) is 9.86. The van der Waals surface area contributed by atoms with Crippen LogP contribution in [0.15, 0.2) is 223 Å². The number of nitrogens with zero attached hydrogens (tertiary/aromatic N) is 2. The molecule has 0 saturated carbocycles. The SMILES string of the molecule is CC1(C)c2ccccc2-c2ccc(N(c3ccc(-c4nc5ccccc5cc4-c4cccc(-c5ccccc5)c4)cc3)c3ccc(-c4cccc5c4oc4ccccc45)cc3)cc21. The molecule has 2 aromatic heterocycles. The van der Waals surface area contributed by atoms with Crippen LogP contribution in [-0.2, 0) is 5.41 Å². The molecule has 2 heterocycles. The number of hydrogen-bond donors (Lipinski definition) is 0. The Labute approximate surface area is 367 Å². The molecule has 3 heteroatoms. The summed E-state index contributed by atoms with van der Waals surface area (Å²) >= 11 is 0. The van der Waals surface area contributed by atoms with Gasteiger partial charge in [-0.3, -0.25) is 0 Å². The molecular formula is C60H42N2O. The van der Waals surface area contributed by atoms with Crippen LogP contribution in [0.25, 0.3) is 88.6 Å². The molecule has 1 aliphatic rings. The Morgan fingerprint density at radius 3 is 1.86 bits per heavy atom. The summed E-state index contributed by atoms with van der Waals surface area (Å²) in [6, 6.07) is 78.5. The summed E-state index contributed by atoms with van der Waals surface area (Å²) in [6.07, 6.45) is 0. The van der Waals surface area contributed by atoms with E-state index < -0.39 is 0 Å². The van der Waals surface area contributed by atoms with Crippen LogP contribution in [0.2, 0.25) is 0 Å². The van der Waals surface area contributed by atoms with Gasteiger partial charge in [-0.1, -0.05) is 172 Å².